The normalized spacial score (nSPS) is 32.9. The molecule has 0 aliphatic carbocycles. The van der Waals surface area contributed by atoms with Crippen molar-refractivity contribution in [1.29, 1.82) is 0 Å². The first-order valence-corrected chi connectivity index (χ1v) is 16.8. The minimum Gasteiger partial charge on any atom is -0.457 e. The molecule has 46 heavy (non-hydrogen) atoms. The summed E-state index contributed by atoms with van der Waals surface area (Å²) in [7, 11) is 1.69. The Morgan fingerprint density at radius 3 is 2.48 bits per heavy atom. The zero-order valence-electron chi connectivity index (χ0n) is 29.1. The molecule has 252 valence electrons. The number of ketones is 1. The number of hydrogen-bond acceptors (Lipinski definition) is 8. The highest BCUT2D eigenvalue weighted by molar-refractivity contribution is 6.10. The van der Waals surface area contributed by atoms with Crippen LogP contribution in [0.1, 0.15) is 87.5 Å². The summed E-state index contributed by atoms with van der Waals surface area (Å²) < 4.78 is 22.0. The van der Waals surface area contributed by atoms with Gasteiger partial charge in [0, 0.05) is 50.1 Å². The lowest BCUT2D eigenvalue weighted by Gasteiger charge is -2.41. The summed E-state index contributed by atoms with van der Waals surface area (Å²) in [5, 5.41) is 0. The minimum atomic E-state index is -1.27. The van der Waals surface area contributed by atoms with Gasteiger partial charge in [-0.2, -0.15) is 4.79 Å². The molecule has 2 aliphatic rings. The van der Waals surface area contributed by atoms with Crippen molar-refractivity contribution in [3.63, 3.8) is 0 Å². The van der Waals surface area contributed by atoms with Crippen molar-refractivity contribution >= 4 is 23.6 Å². The number of pyridine rings is 1. The van der Waals surface area contributed by atoms with E-state index in [4.69, 9.17) is 14.2 Å². The van der Waals surface area contributed by atoms with Gasteiger partial charge in [-0.1, -0.05) is 34.6 Å². The van der Waals surface area contributed by atoms with Crippen LogP contribution in [0.5, 0.6) is 0 Å². The van der Waals surface area contributed by atoms with Gasteiger partial charge in [0.25, 0.3) is 0 Å². The fourth-order valence-corrected chi connectivity index (χ4v) is 7.50. The van der Waals surface area contributed by atoms with Crippen molar-refractivity contribution < 1.29 is 33.2 Å². The first-order chi connectivity index (χ1) is 21.8. The number of ether oxygens (including phenoxy) is 3. The molecule has 10 heteroatoms. The van der Waals surface area contributed by atoms with E-state index in [0.717, 1.165) is 17.7 Å². The molecule has 0 unspecified atom stereocenters. The van der Waals surface area contributed by atoms with Gasteiger partial charge >= 0.3 is 12.1 Å². The molecular weight excluding hydrogens is 584 g/mol. The number of esters is 1. The van der Waals surface area contributed by atoms with Crippen LogP contribution in [0.25, 0.3) is 11.3 Å². The average Bonchev–Trinajstić information content (AvgIpc) is 3.62. The summed E-state index contributed by atoms with van der Waals surface area (Å²) in [6.45, 7) is 16.8. The quantitative estimate of drug-likeness (QED) is 0.187. The molecule has 0 aromatic carbocycles. The molecule has 0 N–H and O–H groups in total. The number of nitrogens with zero attached hydrogens (tertiary/aromatic N) is 4. The standard InChI is InChI=1S/C36H53N4O6/c1-10-30-36(8)32(26(5)31(41)25(4)19-35(7,44-9)27(6)23(2)18-24(3)33(42)45-30)40(34(43)46-36)17-12-11-16-39-21-29(38-22-39)28-14-13-15-37-20-28/h13-15,20-27,30H,10-12,16-19H2,1-9H3/q+1/t23-,24+,25+,26-,27+,30+,35+,36+/m0/s1. The number of amides is 1. The molecular formula is C36H53N4O6+. The summed E-state index contributed by atoms with van der Waals surface area (Å²) in [5.41, 5.74) is 0.529. The van der Waals surface area contributed by atoms with Crippen LogP contribution in [0.2, 0.25) is 0 Å². The van der Waals surface area contributed by atoms with Crippen molar-refractivity contribution in [2.75, 3.05) is 13.7 Å². The molecule has 10 nitrogen and oxygen atoms in total. The molecule has 0 saturated carbocycles. The number of carbonyl (C=O) groups excluding carboxylic acids is 3. The van der Waals surface area contributed by atoms with E-state index in [9.17, 15) is 14.4 Å². The van der Waals surface area contributed by atoms with Crippen LogP contribution < -0.4 is 0 Å². The number of rotatable bonds is 8. The predicted octanol–water partition coefficient (Wildman–Crippen LogP) is 6.36. The monoisotopic (exact) mass is 637 g/mol. The number of aromatic nitrogens is 3. The van der Waals surface area contributed by atoms with Gasteiger partial charge in [0.1, 0.15) is 11.7 Å². The van der Waals surface area contributed by atoms with Crippen LogP contribution in [-0.4, -0.2) is 73.6 Å². The molecule has 1 saturated heterocycles. The molecule has 2 aromatic rings. The maximum atomic E-state index is 14.2. The van der Waals surface area contributed by atoms with Crippen LogP contribution in [-0.2, 0) is 30.3 Å². The number of aryl methyl sites for hydroxylation is 1. The molecule has 2 aliphatic heterocycles. The number of methoxy groups -OCH3 is 1. The van der Waals surface area contributed by atoms with Crippen LogP contribution >= 0.6 is 0 Å². The van der Waals surface area contributed by atoms with Crippen molar-refractivity contribution in [3.05, 3.63) is 37.1 Å². The molecule has 0 spiro atoms. The van der Waals surface area contributed by atoms with Crippen LogP contribution in [0.15, 0.2) is 37.1 Å². The van der Waals surface area contributed by atoms with E-state index >= 15 is 0 Å². The SMILES string of the molecule is CC[C@H]1OC(=O)[C@H](C)C[C@H](C)[C@@H](C)[C@](C)(OC)C[C@@H](C)C(=O)[C@H](C)C2=[N+](CCCCn3cnc(-c4cccnc4)c3)C(=O)O[C@@]21C. The topological polar surface area (TPSA) is 113 Å². The summed E-state index contributed by atoms with van der Waals surface area (Å²) in [5.74, 6) is -1.39. The lowest BCUT2D eigenvalue weighted by Crippen LogP contribution is -2.54. The molecule has 4 heterocycles. The Labute approximate surface area is 273 Å². The molecule has 2 aromatic heterocycles. The van der Waals surface area contributed by atoms with Crippen LogP contribution in [0.4, 0.5) is 4.79 Å². The molecule has 0 bridgehead atoms. The summed E-state index contributed by atoms with van der Waals surface area (Å²) in [6, 6.07) is 3.86. The Morgan fingerprint density at radius 1 is 1.09 bits per heavy atom. The largest absolute Gasteiger partial charge is 0.597 e. The fraction of sp³-hybridized carbons (Fsp3) is 0.667. The van der Waals surface area contributed by atoms with Gasteiger partial charge in [0.2, 0.25) is 11.3 Å². The summed E-state index contributed by atoms with van der Waals surface area (Å²) in [6.07, 6.45) is 9.10. The lowest BCUT2D eigenvalue weighted by atomic mass is 9.71. The minimum absolute atomic E-state index is 0.0145. The predicted molar refractivity (Wildman–Crippen MR) is 175 cm³/mol. The van der Waals surface area contributed by atoms with Crippen LogP contribution in [0, 0.1) is 29.6 Å². The first-order valence-electron chi connectivity index (χ1n) is 16.8. The van der Waals surface area contributed by atoms with Gasteiger partial charge in [-0.25, -0.2) is 4.98 Å². The Morgan fingerprint density at radius 2 is 1.83 bits per heavy atom. The number of cyclic esters (lactones) is 1. The third-order valence-electron chi connectivity index (χ3n) is 10.6. The smallest absolute Gasteiger partial charge is 0.457 e. The molecule has 1 fully saturated rings. The maximum Gasteiger partial charge on any atom is 0.597 e. The number of hydrogen-bond donors (Lipinski definition) is 0. The third kappa shape index (κ3) is 7.27. The van der Waals surface area contributed by atoms with E-state index in [1.54, 1.807) is 37.3 Å². The Balaban J connectivity index is 1.63. The van der Waals surface area contributed by atoms with E-state index in [0.29, 0.717) is 44.5 Å². The Bertz CT molecular complexity index is 1420. The summed E-state index contributed by atoms with van der Waals surface area (Å²) >= 11 is 0. The van der Waals surface area contributed by atoms with E-state index in [1.165, 1.54) is 0 Å². The van der Waals surface area contributed by atoms with Crippen molar-refractivity contribution in [3.8, 4) is 11.3 Å². The van der Waals surface area contributed by atoms with Gasteiger partial charge in [0.15, 0.2) is 12.6 Å². The van der Waals surface area contributed by atoms with E-state index < -0.39 is 29.3 Å². The molecule has 1 amide bonds. The number of carbonyl (C=O) groups is 3. The molecule has 4 rings (SSSR count). The van der Waals surface area contributed by atoms with Crippen LogP contribution in [0.3, 0.4) is 0 Å². The molecule has 0 radical (unpaired) electrons. The second kappa shape index (κ2) is 14.6. The van der Waals surface area contributed by atoms with Gasteiger partial charge in [-0.3, -0.25) is 14.6 Å². The van der Waals surface area contributed by atoms with Crippen molar-refractivity contribution in [1.82, 2.24) is 14.5 Å². The van der Waals surface area contributed by atoms with E-state index in [-0.39, 0.29) is 35.4 Å². The zero-order valence-corrected chi connectivity index (χ0v) is 29.1. The van der Waals surface area contributed by atoms with Crippen molar-refractivity contribution in [2.45, 2.75) is 111 Å². The zero-order chi connectivity index (χ0) is 33.8. The highest BCUT2D eigenvalue weighted by Crippen LogP contribution is 2.39. The third-order valence-corrected chi connectivity index (χ3v) is 10.6. The fourth-order valence-electron chi connectivity index (χ4n) is 7.50. The lowest BCUT2D eigenvalue weighted by molar-refractivity contribution is -0.436. The van der Waals surface area contributed by atoms with Gasteiger partial charge < -0.3 is 18.8 Å². The number of fused-ring (bicyclic) bond motifs is 1. The number of unbranched alkanes of at least 4 members (excludes halogenated alkanes) is 1. The van der Waals surface area contributed by atoms with E-state index in [2.05, 4.69) is 30.7 Å². The highest BCUT2D eigenvalue weighted by Gasteiger charge is 2.60. The number of imidazole rings is 1. The highest BCUT2D eigenvalue weighted by atomic mass is 16.6. The second-order valence-corrected chi connectivity index (χ2v) is 13.9. The first kappa shape index (κ1) is 35.5. The van der Waals surface area contributed by atoms with Crippen molar-refractivity contribution in [2.24, 2.45) is 29.6 Å². The molecule has 8 atom stereocenters. The van der Waals surface area contributed by atoms with Gasteiger partial charge in [-0.05, 0) is 70.4 Å². The maximum absolute atomic E-state index is 14.2. The number of Topliss-reactive ketones (excluding diaryl/α,β-unsaturated/α-hetero) is 1. The second-order valence-electron chi connectivity index (χ2n) is 13.9. The average molecular weight is 638 g/mol. The van der Waals surface area contributed by atoms with E-state index in [1.807, 2.05) is 50.6 Å². The summed E-state index contributed by atoms with van der Waals surface area (Å²) in [4.78, 5) is 49.9. The Hall–Kier alpha value is -3.40. The van der Waals surface area contributed by atoms with Gasteiger partial charge in [0.05, 0.1) is 23.5 Å². The Kier molecular flexibility index (Phi) is 11.2. The van der Waals surface area contributed by atoms with Gasteiger partial charge in [-0.15, -0.1) is 4.58 Å².